The molecule has 0 aromatic heterocycles. The van der Waals surface area contributed by atoms with E-state index in [2.05, 4.69) is 5.32 Å². The van der Waals surface area contributed by atoms with Crippen LogP contribution in [0.3, 0.4) is 0 Å². The van der Waals surface area contributed by atoms with Crippen molar-refractivity contribution in [3.8, 4) is 0 Å². The zero-order chi connectivity index (χ0) is 14.9. The van der Waals surface area contributed by atoms with Gasteiger partial charge in [0.2, 0.25) is 10.0 Å². The molecule has 0 heterocycles. The average molecular weight is 299 g/mol. The van der Waals surface area contributed by atoms with Crippen LogP contribution in [0.2, 0.25) is 0 Å². The van der Waals surface area contributed by atoms with E-state index in [0.717, 1.165) is 18.9 Å². The fraction of sp³-hybridized carbons (Fsp3) is 0.500. The molecule has 0 atom stereocenters. The van der Waals surface area contributed by atoms with E-state index >= 15 is 0 Å². The van der Waals surface area contributed by atoms with Crippen molar-refractivity contribution in [2.75, 3.05) is 18.9 Å². The van der Waals surface area contributed by atoms with Crippen LogP contribution in [0.1, 0.15) is 19.8 Å². The lowest BCUT2D eigenvalue weighted by Crippen LogP contribution is -2.33. The third kappa shape index (κ3) is 2.61. The summed E-state index contributed by atoms with van der Waals surface area (Å²) in [6.45, 7) is 2.13. The molecule has 7 nitrogen and oxygen atoms in total. The Kier molecular flexibility index (Phi) is 3.96. The van der Waals surface area contributed by atoms with Gasteiger partial charge in [-0.25, -0.2) is 8.42 Å². The van der Waals surface area contributed by atoms with Crippen LogP contribution in [-0.4, -0.2) is 37.3 Å². The zero-order valence-corrected chi connectivity index (χ0v) is 12.2. The molecular weight excluding hydrogens is 282 g/mol. The molecule has 0 amide bonds. The van der Waals surface area contributed by atoms with Crippen LogP contribution in [0.4, 0.5) is 11.4 Å². The first-order chi connectivity index (χ1) is 9.41. The maximum atomic E-state index is 12.7. The average Bonchev–Trinajstić information content (AvgIpc) is 3.23. The van der Waals surface area contributed by atoms with Crippen LogP contribution in [0, 0.1) is 10.1 Å². The Hall–Kier alpha value is -1.67. The van der Waals surface area contributed by atoms with Crippen LogP contribution in [0.25, 0.3) is 0 Å². The van der Waals surface area contributed by atoms with Crippen molar-refractivity contribution in [2.45, 2.75) is 30.7 Å². The zero-order valence-electron chi connectivity index (χ0n) is 11.4. The van der Waals surface area contributed by atoms with Gasteiger partial charge in [0, 0.05) is 31.8 Å². The minimum absolute atomic E-state index is 0.0222. The Morgan fingerprint density at radius 3 is 2.55 bits per heavy atom. The lowest BCUT2D eigenvalue weighted by atomic mass is 10.3. The molecule has 2 rings (SSSR count). The number of benzene rings is 1. The Morgan fingerprint density at radius 2 is 2.10 bits per heavy atom. The highest BCUT2D eigenvalue weighted by Gasteiger charge is 2.38. The molecule has 0 radical (unpaired) electrons. The monoisotopic (exact) mass is 299 g/mol. The minimum atomic E-state index is -3.72. The maximum Gasteiger partial charge on any atom is 0.270 e. The second-order valence-electron chi connectivity index (χ2n) is 4.63. The number of rotatable bonds is 6. The van der Waals surface area contributed by atoms with Gasteiger partial charge in [-0.15, -0.1) is 0 Å². The van der Waals surface area contributed by atoms with Crippen LogP contribution < -0.4 is 5.32 Å². The highest BCUT2D eigenvalue weighted by Crippen LogP contribution is 2.35. The number of sulfonamides is 1. The van der Waals surface area contributed by atoms with Crippen LogP contribution in [0.5, 0.6) is 0 Å². The summed E-state index contributed by atoms with van der Waals surface area (Å²) in [5.41, 5.74) is 0.143. The van der Waals surface area contributed by atoms with Crippen molar-refractivity contribution in [1.29, 1.82) is 0 Å². The number of anilines is 1. The molecule has 0 saturated heterocycles. The number of non-ortho nitro benzene ring substituents is 1. The number of nitro benzene ring substituents is 1. The molecule has 8 heteroatoms. The Labute approximate surface area is 117 Å². The first-order valence-corrected chi connectivity index (χ1v) is 7.83. The maximum absolute atomic E-state index is 12.7. The highest BCUT2D eigenvalue weighted by atomic mass is 32.2. The molecule has 20 heavy (non-hydrogen) atoms. The van der Waals surface area contributed by atoms with Crippen molar-refractivity contribution >= 4 is 21.4 Å². The van der Waals surface area contributed by atoms with Crippen molar-refractivity contribution in [1.82, 2.24) is 4.31 Å². The molecule has 1 fully saturated rings. The number of nitro groups is 1. The molecule has 1 aliphatic rings. The summed E-state index contributed by atoms with van der Waals surface area (Å²) in [6.07, 6.45) is 1.69. The second kappa shape index (κ2) is 5.37. The first-order valence-electron chi connectivity index (χ1n) is 6.39. The number of nitrogens with one attached hydrogen (secondary N) is 1. The molecule has 1 N–H and O–H groups in total. The summed E-state index contributed by atoms with van der Waals surface area (Å²) < 4.78 is 26.7. The standard InChI is InChI=1S/C12H17N3O4S/c1-3-14(9-4-5-9)20(18,19)12-8-10(15(16)17)6-7-11(12)13-2/h6-9,13H,3-5H2,1-2H3. The fourth-order valence-electron chi connectivity index (χ4n) is 2.16. The summed E-state index contributed by atoms with van der Waals surface area (Å²) in [4.78, 5) is 10.2. The molecule has 1 aromatic carbocycles. The fourth-order valence-corrected chi connectivity index (χ4v) is 4.07. The number of nitrogens with zero attached hydrogens (tertiary/aromatic N) is 2. The van der Waals surface area contributed by atoms with E-state index in [-0.39, 0.29) is 16.6 Å². The molecule has 110 valence electrons. The summed E-state index contributed by atoms with van der Waals surface area (Å²) in [5, 5.41) is 13.6. The van der Waals surface area contributed by atoms with Crippen molar-refractivity contribution in [2.24, 2.45) is 0 Å². The summed E-state index contributed by atoms with van der Waals surface area (Å²) in [6, 6.07) is 3.85. The molecular formula is C12H17N3O4S. The third-order valence-corrected chi connectivity index (χ3v) is 5.37. The molecule has 0 aliphatic heterocycles. The van der Waals surface area contributed by atoms with E-state index in [9.17, 15) is 18.5 Å². The van der Waals surface area contributed by atoms with Gasteiger partial charge < -0.3 is 5.32 Å². The topological polar surface area (TPSA) is 92.5 Å². The number of hydrogen-bond donors (Lipinski definition) is 1. The van der Waals surface area contributed by atoms with E-state index in [1.165, 1.54) is 16.4 Å². The molecule has 0 unspecified atom stereocenters. The molecule has 0 spiro atoms. The predicted octanol–water partition coefficient (Wildman–Crippen LogP) is 1.81. The Bertz CT molecular complexity index is 626. The van der Waals surface area contributed by atoms with Gasteiger partial charge in [-0.05, 0) is 18.9 Å². The van der Waals surface area contributed by atoms with Gasteiger partial charge >= 0.3 is 0 Å². The molecule has 1 aliphatic carbocycles. The molecule has 0 bridgehead atoms. The van der Waals surface area contributed by atoms with Gasteiger partial charge in [0.05, 0.1) is 10.6 Å². The first kappa shape index (κ1) is 14.7. The summed E-state index contributed by atoms with van der Waals surface area (Å²) >= 11 is 0. The van der Waals surface area contributed by atoms with Gasteiger partial charge in [0.1, 0.15) is 4.90 Å². The van der Waals surface area contributed by atoms with Crippen molar-refractivity contribution in [3.63, 3.8) is 0 Å². The van der Waals surface area contributed by atoms with E-state index in [1.54, 1.807) is 14.0 Å². The highest BCUT2D eigenvalue weighted by molar-refractivity contribution is 7.89. The van der Waals surface area contributed by atoms with Gasteiger partial charge in [-0.2, -0.15) is 4.31 Å². The minimum Gasteiger partial charge on any atom is -0.387 e. The Morgan fingerprint density at radius 1 is 1.45 bits per heavy atom. The van der Waals surface area contributed by atoms with Crippen LogP contribution in [0.15, 0.2) is 23.1 Å². The number of hydrogen-bond acceptors (Lipinski definition) is 5. The van der Waals surface area contributed by atoms with E-state index in [4.69, 9.17) is 0 Å². The Balaban J connectivity index is 2.53. The van der Waals surface area contributed by atoms with E-state index in [0.29, 0.717) is 12.2 Å². The van der Waals surface area contributed by atoms with Gasteiger partial charge in [-0.1, -0.05) is 6.92 Å². The lowest BCUT2D eigenvalue weighted by Gasteiger charge is -2.21. The van der Waals surface area contributed by atoms with Crippen molar-refractivity contribution < 1.29 is 13.3 Å². The van der Waals surface area contributed by atoms with E-state index < -0.39 is 14.9 Å². The van der Waals surface area contributed by atoms with Crippen LogP contribution >= 0.6 is 0 Å². The van der Waals surface area contributed by atoms with Crippen molar-refractivity contribution in [3.05, 3.63) is 28.3 Å². The van der Waals surface area contributed by atoms with E-state index in [1.807, 2.05) is 0 Å². The second-order valence-corrected chi connectivity index (χ2v) is 6.49. The summed E-state index contributed by atoms with van der Waals surface area (Å²) in [5.74, 6) is 0. The SMILES string of the molecule is CCN(C1CC1)S(=O)(=O)c1cc([N+](=O)[O-])ccc1NC. The molecule has 1 aromatic rings. The normalized spacial score (nSPS) is 15.3. The largest absolute Gasteiger partial charge is 0.387 e. The van der Waals surface area contributed by atoms with Crippen LogP contribution in [-0.2, 0) is 10.0 Å². The quantitative estimate of drug-likeness (QED) is 0.638. The predicted molar refractivity (Wildman–Crippen MR) is 75.2 cm³/mol. The lowest BCUT2D eigenvalue weighted by molar-refractivity contribution is -0.385. The van der Waals surface area contributed by atoms with Gasteiger partial charge in [-0.3, -0.25) is 10.1 Å². The van der Waals surface area contributed by atoms with Gasteiger partial charge in [0.25, 0.3) is 5.69 Å². The third-order valence-electron chi connectivity index (χ3n) is 3.30. The molecule has 1 saturated carbocycles. The summed E-state index contributed by atoms with van der Waals surface area (Å²) in [7, 11) is -2.13. The smallest absolute Gasteiger partial charge is 0.270 e. The van der Waals surface area contributed by atoms with Gasteiger partial charge in [0.15, 0.2) is 0 Å².